The Morgan fingerprint density at radius 1 is 0.929 bits per heavy atom. The van der Waals surface area contributed by atoms with Gasteiger partial charge in [0.05, 0.1) is 11.9 Å². The molecule has 4 heteroatoms. The zero-order valence-electron chi connectivity index (χ0n) is 15.9. The van der Waals surface area contributed by atoms with Crippen molar-refractivity contribution in [3.63, 3.8) is 0 Å². The van der Waals surface area contributed by atoms with Gasteiger partial charge in [0.15, 0.2) is 4.80 Å². The summed E-state index contributed by atoms with van der Waals surface area (Å²) in [6, 6.07) is 25.5. The first-order valence-corrected chi connectivity index (χ1v) is 10.4. The van der Waals surface area contributed by atoms with Crippen LogP contribution in [0.25, 0.3) is 0 Å². The molecule has 0 N–H and O–H groups in total. The van der Waals surface area contributed by atoms with Crippen LogP contribution < -0.4 is 4.80 Å². The summed E-state index contributed by atoms with van der Waals surface area (Å²) in [4.78, 5) is 10.00. The molecule has 0 fully saturated rings. The molecule has 4 rings (SSSR count). The summed E-state index contributed by atoms with van der Waals surface area (Å²) in [6.45, 7) is 3.07. The Balaban J connectivity index is 1.64. The number of benzene rings is 2. The van der Waals surface area contributed by atoms with E-state index in [1.165, 1.54) is 16.8 Å². The zero-order chi connectivity index (χ0) is 19.2. The summed E-state index contributed by atoms with van der Waals surface area (Å²) in [6.07, 6.45) is 4.60. The maximum atomic E-state index is 4.80. The summed E-state index contributed by atoms with van der Waals surface area (Å²) < 4.78 is 2.32. The second kappa shape index (κ2) is 8.81. The minimum atomic E-state index is 0.362. The lowest BCUT2D eigenvalue weighted by atomic mass is 9.88. The number of rotatable bonds is 6. The summed E-state index contributed by atoms with van der Waals surface area (Å²) in [7, 11) is 0. The van der Waals surface area contributed by atoms with Gasteiger partial charge in [0.25, 0.3) is 0 Å². The number of hydrogen-bond acceptors (Lipinski definition) is 3. The number of aromatic nitrogens is 2. The van der Waals surface area contributed by atoms with Crippen LogP contribution in [0, 0.1) is 6.92 Å². The van der Waals surface area contributed by atoms with Gasteiger partial charge in [0.2, 0.25) is 0 Å². The van der Waals surface area contributed by atoms with Crippen LogP contribution in [-0.4, -0.2) is 9.55 Å². The number of pyridine rings is 1. The third kappa shape index (κ3) is 4.29. The van der Waals surface area contributed by atoms with Crippen molar-refractivity contribution in [2.45, 2.75) is 25.8 Å². The summed E-state index contributed by atoms with van der Waals surface area (Å²) in [5.74, 6) is 0.362. The largest absolute Gasteiger partial charge is 0.321 e. The summed E-state index contributed by atoms with van der Waals surface area (Å²) in [5.41, 5.74) is 4.84. The van der Waals surface area contributed by atoms with Gasteiger partial charge in [-0.3, -0.25) is 4.98 Å². The molecule has 0 bridgehead atoms. The average Bonchev–Trinajstić information content (AvgIpc) is 3.10. The molecule has 0 aliphatic heterocycles. The van der Waals surface area contributed by atoms with E-state index in [0.29, 0.717) is 5.92 Å². The van der Waals surface area contributed by atoms with E-state index >= 15 is 0 Å². The highest BCUT2D eigenvalue weighted by Gasteiger charge is 2.15. The Morgan fingerprint density at radius 3 is 2.21 bits per heavy atom. The van der Waals surface area contributed by atoms with Gasteiger partial charge in [-0.15, -0.1) is 11.3 Å². The average molecular weight is 386 g/mol. The molecule has 0 aliphatic carbocycles. The van der Waals surface area contributed by atoms with Crippen molar-refractivity contribution in [1.29, 1.82) is 0 Å². The van der Waals surface area contributed by atoms with Crippen LogP contribution in [0.1, 0.15) is 29.2 Å². The van der Waals surface area contributed by atoms with Crippen molar-refractivity contribution in [2.24, 2.45) is 4.99 Å². The van der Waals surface area contributed by atoms with Crippen LogP contribution in [0.3, 0.4) is 0 Å². The molecule has 0 saturated carbocycles. The predicted octanol–water partition coefficient (Wildman–Crippen LogP) is 5.71. The van der Waals surface area contributed by atoms with Gasteiger partial charge < -0.3 is 4.57 Å². The Kier molecular flexibility index (Phi) is 5.78. The Bertz CT molecular complexity index is 1030. The standard InChI is InChI=1S/C24H23N3S/c1-19-18-28-24(26-22-13-8-15-25-17-22)27(19)16-14-23(20-9-4-2-5-10-20)21-11-6-3-7-12-21/h2-13,15,17-18,23H,14,16H2,1H3. The Morgan fingerprint density at radius 2 is 1.61 bits per heavy atom. The SMILES string of the molecule is Cc1csc(=Nc2cccnc2)n1CCC(c1ccccc1)c1ccccc1. The smallest absolute Gasteiger partial charge is 0.190 e. The lowest BCUT2D eigenvalue weighted by Crippen LogP contribution is -2.18. The highest BCUT2D eigenvalue weighted by atomic mass is 32.1. The summed E-state index contributed by atoms with van der Waals surface area (Å²) in [5, 5.41) is 2.18. The van der Waals surface area contributed by atoms with Gasteiger partial charge in [-0.1, -0.05) is 60.7 Å². The van der Waals surface area contributed by atoms with Crippen LogP contribution >= 0.6 is 11.3 Å². The molecule has 0 unspecified atom stereocenters. The molecule has 0 radical (unpaired) electrons. The van der Waals surface area contributed by atoms with Crippen molar-refractivity contribution in [3.05, 3.63) is 112 Å². The van der Waals surface area contributed by atoms with Gasteiger partial charge in [-0.2, -0.15) is 0 Å². The topological polar surface area (TPSA) is 30.2 Å². The van der Waals surface area contributed by atoms with Crippen molar-refractivity contribution in [3.8, 4) is 0 Å². The normalized spacial score (nSPS) is 11.9. The number of hydrogen-bond donors (Lipinski definition) is 0. The highest BCUT2D eigenvalue weighted by molar-refractivity contribution is 7.07. The molecular weight excluding hydrogens is 362 g/mol. The molecule has 0 aliphatic rings. The highest BCUT2D eigenvalue weighted by Crippen LogP contribution is 2.28. The second-order valence-electron chi connectivity index (χ2n) is 6.80. The lowest BCUT2D eigenvalue weighted by Gasteiger charge is -2.19. The van der Waals surface area contributed by atoms with Gasteiger partial charge in [-0.05, 0) is 36.6 Å². The fourth-order valence-electron chi connectivity index (χ4n) is 3.46. The van der Waals surface area contributed by atoms with Crippen LogP contribution in [0.15, 0.2) is 95.6 Å². The van der Waals surface area contributed by atoms with E-state index in [-0.39, 0.29) is 0 Å². The molecule has 140 valence electrons. The van der Waals surface area contributed by atoms with Gasteiger partial charge >= 0.3 is 0 Å². The zero-order valence-corrected chi connectivity index (χ0v) is 16.7. The quantitative estimate of drug-likeness (QED) is 0.418. The van der Waals surface area contributed by atoms with E-state index in [2.05, 4.69) is 82.5 Å². The third-order valence-electron chi connectivity index (χ3n) is 4.91. The molecule has 0 amide bonds. The lowest BCUT2D eigenvalue weighted by molar-refractivity contribution is 0.575. The molecule has 2 heterocycles. The van der Waals surface area contributed by atoms with Crippen molar-refractivity contribution >= 4 is 17.0 Å². The first-order valence-electron chi connectivity index (χ1n) is 9.51. The maximum Gasteiger partial charge on any atom is 0.190 e. The number of nitrogens with zero attached hydrogens (tertiary/aromatic N) is 3. The summed E-state index contributed by atoms with van der Waals surface area (Å²) >= 11 is 1.68. The van der Waals surface area contributed by atoms with Crippen molar-refractivity contribution in [1.82, 2.24) is 9.55 Å². The fourth-order valence-corrected chi connectivity index (χ4v) is 4.38. The third-order valence-corrected chi connectivity index (χ3v) is 5.89. The minimum Gasteiger partial charge on any atom is -0.321 e. The van der Waals surface area contributed by atoms with Crippen molar-refractivity contribution in [2.75, 3.05) is 0 Å². The first kappa shape index (κ1) is 18.4. The predicted molar refractivity (Wildman–Crippen MR) is 116 cm³/mol. The number of aryl methyl sites for hydroxylation is 1. The van der Waals surface area contributed by atoms with Crippen LogP contribution in [0.2, 0.25) is 0 Å². The fraction of sp³-hybridized carbons (Fsp3) is 0.167. The van der Waals surface area contributed by atoms with Crippen LogP contribution in [0.5, 0.6) is 0 Å². The first-order chi connectivity index (χ1) is 13.8. The van der Waals surface area contributed by atoms with E-state index in [1.807, 2.05) is 12.1 Å². The number of thiazole rings is 1. The molecular formula is C24H23N3S. The van der Waals surface area contributed by atoms with E-state index in [9.17, 15) is 0 Å². The van der Waals surface area contributed by atoms with E-state index in [4.69, 9.17) is 4.99 Å². The monoisotopic (exact) mass is 385 g/mol. The molecule has 0 saturated heterocycles. The maximum absolute atomic E-state index is 4.80. The molecule has 3 nitrogen and oxygen atoms in total. The molecule has 0 spiro atoms. The van der Waals surface area contributed by atoms with E-state index in [0.717, 1.165) is 23.5 Å². The molecule has 0 atom stereocenters. The molecule has 4 aromatic rings. The second-order valence-corrected chi connectivity index (χ2v) is 7.63. The van der Waals surface area contributed by atoms with Gasteiger partial charge in [-0.25, -0.2) is 4.99 Å². The van der Waals surface area contributed by atoms with E-state index < -0.39 is 0 Å². The Labute approximate surface area is 169 Å². The molecule has 28 heavy (non-hydrogen) atoms. The Hall–Kier alpha value is -2.98. The van der Waals surface area contributed by atoms with Crippen LogP contribution in [-0.2, 0) is 6.54 Å². The molecule has 2 aromatic heterocycles. The van der Waals surface area contributed by atoms with Gasteiger partial charge in [0.1, 0.15) is 0 Å². The van der Waals surface area contributed by atoms with E-state index in [1.54, 1.807) is 23.7 Å². The van der Waals surface area contributed by atoms with Gasteiger partial charge in [0, 0.05) is 29.7 Å². The minimum absolute atomic E-state index is 0.362. The molecule has 2 aromatic carbocycles. The van der Waals surface area contributed by atoms with Crippen molar-refractivity contribution < 1.29 is 0 Å². The van der Waals surface area contributed by atoms with Crippen LogP contribution in [0.4, 0.5) is 5.69 Å².